The van der Waals surface area contributed by atoms with E-state index in [9.17, 15) is 9.59 Å². The molecule has 0 heterocycles. The summed E-state index contributed by atoms with van der Waals surface area (Å²) in [5, 5.41) is 11.7. The van der Waals surface area contributed by atoms with Gasteiger partial charge in [0.25, 0.3) is 0 Å². The zero-order valence-electron chi connectivity index (χ0n) is 15.0. The third-order valence-corrected chi connectivity index (χ3v) is 3.51. The van der Waals surface area contributed by atoms with Crippen molar-refractivity contribution < 1.29 is 24.2 Å². The van der Waals surface area contributed by atoms with Crippen LogP contribution in [-0.2, 0) is 4.79 Å². The van der Waals surface area contributed by atoms with E-state index < -0.39 is 11.9 Å². The number of methoxy groups -OCH3 is 1. The Labute approximate surface area is 157 Å². The molecule has 0 radical (unpaired) electrons. The van der Waals surface area contributed by atoms with Crippen molar-refractivity contribution in [2.24, 2.45) is 0 Å². The van der Waals surface area contributed by atoms with Gasteiger partial charge in [0.15, 0.2) is 11.5 Å². The van der Waals surface area contributed by atoms with Crippen LogP contribution in [0.4, 0.5) is 5.69 Å². The Morgan fingerprint density at radius 3 is 2.67 bits per heavy atom. The molecule has 0 spiro atoms. The van der Waals surface area contributed by atoms with Crippen molar-refractivity contribution in [1.29, 1.82) is 0 Å². The summed E-state index contributed by atoms with van der Waals surface area (Å²) in [5.74, 6) is 5.07. The molecule has 138 valence electrons. The van der Waals surface area contributed by atoms with Crippen LogP contribution in [0.15, 0.2) is 48.5 Å². The summed E-state index contributed by atoms with van der Waals surface area (Å²) in [5.41, 5.74) is 0.984. The fraction of sp³-hybridized carbons (Fsp3) is 0.143. The van der Waals surface area contributed by atoms with Gasteiger partial charge >= 0.3 is 5.97 Å². The molecule has 0 saturated carbocycles. The number of carbonyl (C=O) groups is 2. The summed E-state index contributed by atoms with van der Waals surface area (Å²) in [6.07, 6.45) is 2.91. The van der Waals surface area contributed by atoms with E-state index in [1.807, 2.05) is 0 Å². The molecule has 0 fully saturated rings. The van der Waals surface area contributed by atoms with Crippen molar-refractivity contribution in [3.8, 4) is 23.3 Å². The summed E-state index contributed by atoms with van der Waals surface area (Å²) < 4.78 is 10.8. The lowest BCUT2D eigenvalue weighted by Gasteiger charge is -2.09. The van der Waals surface area contributed by atoms with Crippen LogP contribution in [0.3, 0.4) is 0 Å². The number of carboxylic acids is 1. The number of ether oxygens (including phenoxy) is 2. The molecule has 0 aliphatic rings. The first-order valence-electron chi connectivity index (χ1n) is 8.07. The minimum absolute atomic E-state index is 0.0256. The van der Waals surface area contributed by atoms with Crippen LogP contribution in [0.2, 0.25) is 0 Å². The van der Waals surface area contributed by atoms with Gasteiger partial charge in [-0.1, -0.05) is 24.1 Å². The minimum atomic E-state index is -1.11. The molecule has 0 saturated heterocycles. The Hall–Kier alpha value is -3.72. The first-order chi connectivity index (χ1) is 13.0. The summed E-state index contributed by atoms with van der Waals surface area (Å²) >= 11 is 0. The monoisotopic (exact) mass is 365 g/mol. The standard InChI is InChI=1S/C21H19NO5/c1-3-4-13-27-18-11-9-15(14-19(18)26-2)10-12-20(23)22-17-8-6-5-7-16(17)21(24)25/h5-12,14H,13H2,1-2H3,(H,22,23)(H,24,25)/b12-10+. The summed E-state index contributed by atoms with van der Waals surface area (Å²) in [6, 6.07) is 11.4. The molecule has 6 nitrogen and oxygen atoms in total. The van der Waals surface area contributed by atoms with Crippen LogP contribution in [0.25, 0.3) is 6.08 Å². The van der Waals surface area contributed by atoms with Gasteiger partial charge in [0.1, 0.15) is 6.61 Å². The van der Waals surface area contributed by atoms with Gasteiger partial charge in [0, 0.05) is 6.08 Å². The van der Waals surface area contributed by atoms with Crippen molar-refractivity contribution in [2.75, 3.05) is 19.0 Å². The van der Waals surface area contributed by atoms with Crippen LogP contribution in [-0.4, -0.2) is 30.7 Å². The van der Waals surface area contributed by atoms with Crippen molar-refractivity contribution >= 4 is 23.6 Å². The molecule has 2 aromatic carbocycles. The van der Waals surface area contributed by atoms with E-state index in [0.29, 0.717) is 11.5 Å². The average molecular weight is 365 g/mol. The fourth-order valence-electron chi connectivity index (χ4n) is 2.22. The minimum Gasteiger partial charge on any atom is -0.493 e. The van der Waals surface area contributed by atoms with Gasteiger partial charge < -0.3 is 19.9 Å². The predicted octanol–water partition coefficient (Wildman–Crippen LogP) is 3.45. The number of carboxylic acid groups (broad SMARTS) is 1. The largest absolute Gasteiger partial charge is 0.493 e. The SMILES string of the molecule is CC#CCOc1ccc(/C=C/C(=O)Nc2ccccc2C(=O)O)cc1OC. The molecule has 0 bridgehead atoms. The van der Waals surface area contributed by atoms with E-state index in [1.54, 1.807) is 43.3 Å². The Bertz CT molecular complexity index is 922. The lowest BCUT2D eigenvalue weighted by atomic mass is 10.1. The number of para-hydroxylation sites is 1. The molecule has 0 atom stereocenters. The smallest absolute Gasteiger partial charge is 0.337 e. The Morgan fingerprint density at radius 1 is 1.19 bits per heavy atom. The zero-order valence-corrected chi connectivity index (χ0v) is 15.0. The number of aromatic carboxylic acids is 1. The molecule has 0 unspecified atom stereocenters. The van der Waals surface area contributed by atoms with Crippen molar-refractivity contribution in [1.82, 2.24) is 0 Å². The first-order valence-corrected chi connectivity index (χ1v) is 8.07. The van der Waals surface area contributed by atoms with Gasteiger partial charge in [-0.2, -0.15) is 0 Å². The van der Waals surface area contributed by atoms with Gasteiger partial charge in [0.05, 0.1) is 18.4 Å². The Balaban J connectivity index is 2.09. The van der Waals surface area contributed by atoms with E-state index in [2.05, 4.69) is 17.2 Å². The number of benzene rings is 2. The van der Waals surface area contributed by atoms with Gasteiger partial charge in [-0.05, 0) is 42.8 Å². The lowest BCUT2D eigenvalue weighted by Crippen LogP contribution is -2.11. The maximum atomic E-state index is 12.1. The van der Waals surface area contributed by atoms with Gasteiger partial charge in [0.2, 0.25) is 5.91 Å². The second kappa shape index (κ2) is 9.68. The maximum absolute atomic E-state index is 12.1. The highest BCUT2D eigenvalue weighted by atomic mass is 16.5. The normalized spacial score (nSPS) is 10.0. The number of hydrogen-bond donors (Lipinski definition) is 2. The number of hydrogen-bond acceptors (Lipinski definition) is 4. The highest BCUT2D eigenvalue weighted by Gasteiger charge is 2.10. The van der Waals surface area contributed by atoms with E-state index in [4.69, 9.17) is 14.6 Å². The maximum Gasteiger partial charge on any atom is 0.337 e. The second-order valence-electron chi connectivity index (χ2n) is 5.30. The fourth-order valence-corrected chi connectivity index (χ4v) is 2.22. The molecule has 2 N–H and O–H groups in total. The Kier molecular flexibility index (Phi) is 7.03. The Morgan fingerprint density at radius 2 is 1.96 bits per heavy atom. The van der Waals surface area contributed by atoms with Gasteiger partial charge in [-0.25, -0.2) is 4.79 Å². The number of anilines is 1. The average Bonchev–Trinajstić information content (AvgIpc) is 2.67. The highest BCUT2D eigenvalue weighted by Crippen LogP contribution is 2.28. The van der Waals surface area contributed by atoms with Gasteiger partial charge in [-0.15, -0.1) is 5.92 Å². The molecule has 2 aromatic rings. The van der Waals surface area contributed by atoms with Crippen LogP contribution in [0.5, 0.6) is 11.5 Å². The molecule has 1 amide bonds. The highest BCUT2D eigenvalue weighted by molar-refractivity contribution is 6.06. The quantitative estimate of drug-likeness (QED) is 0.580. The van der Waals surface area contributed by atoms with Crippen molar-refractivity contribution in [3.63, 3.8) is 0 Å². The van der Waals surface area contributed by atoms with Crippen LogP contribution in [0.1, 0.15) is 22.8 Å². The third kappa shape index (κ3) is 5.65. The third-order valence-electron chi connectivity index (χ3n) is 3.51. The summed E-state index contributed by atoms with van der Waals surface area (Å²) in [6.45, 7) is 1.99. The van der Waals surface area contributed by atoms with Crippen molar-refractivity contribution in [3.05, 3.63) is 59.7 Å². The topological polar surface area (TPSA) is 84.9 Å². The lowest BCUT2D eigenvalue weighted by molar-refractivity contribution is -0.111. The van der Waals surface area contributed by atoms with E-state index in [-0.39, 0.29) is 17.9 Å². The number of amides is 1. The molecule has 27 heavy (non-hydrogen) atoms. The van der Waals surface area contributed by atoms with E-state index >= 15 is 0 Å². The molecule has 0 aliphatic heterocycles. The van der Waals surface area contributed by atoms with Crippen molar-refractivity contribution in [2.45, 2.75) is 6.92 Å². The summed E-state index contributed by atoms with van der Waals surface area (Å²) in [7, 11) is 1.52. The second-order valence-corrected chi connectivity index (χ2v) is 5.30. The number of carbonyl (C=O) groups excluding carboxylic acids is 1. The number of rotatable bonds is 7. The van der Waals surface area contributed by atoms with E-state index in [0.717, 1.165) is 5.56 Å². The zero-order chi connectivity index (χ0) is 19.6. The molecule has 0 aromatic heterocycles. The number of nitrogens with one attached hydrogen (secondary N) is 1. The van der Waals surface area contributed by atoms with Crippen LogP contribution in [0, 0.1) is 11.8 Å². The molecule has 2 rings (SSSR count). The molecular weight excluding hydrogens is 346 g/mol. The van der Waals surface area contributed by atoms with Crippen LogP contribution >= 0.6 is 0 Å². The van der Waals surface area contributed by atoms with Gasteiger partial charge in [-0.3, -0.25) is 4.79 Å². The molecule has 0 aliphatic carbocycles. The molecular formula is C21H19NO5. The predicted molar refractivity (Wildman–Crippen MR) is 103 cm³/mol. The van der Waals surface area contributed by atoms with E-state index in [1.165, 1.54) is 25.3 Å². The molecule has 6 heteroatoms. The van der Waals surface area contributed by atoms with Crippen LogP contribution < -0.4 is 14.8 Å². The summed E-state index contributed by atoms with van der Waals surface area (Å²) in [4.78, 5) is 23.3. The first kappa shape index (κ1) is 19.6.